The SMILES string of the molecule is Cc1ccccc1S(=O)(=O)Nc1ccc(N2CCC[C@@H](CN3CCCC3)C2)c(C(=O)O)c1. The molecule has 0 unspecified atom stereocenters. The molecular weight excluding hydrogens is 426 g/mol. The molecule has 2 aliphatic heterocycles. The third-order valence-corrected chi connectivity index (χ3v) is 7.98. The third kappa shape index (κ3) is 5.07. The molecule has 0 aromatic heterocycles. The first kappa shape index (κ1) is 22.6. The van der Waals surface area contributed by atoms with Crippen molar-refractivity contribution in [3.05, 3.63) is 53.6 Å². The maximum absolute atomic E-state index is 12.8. The van der Waals surface area contributed by atoms with E-state index >= 15 is 0 Å². The van der Waals surface area contributed by atoms with Gasteiger partial charge in [0.15, 0.2) is 0 Å². The summed E-state index contributed by atoms with van der Waals surface area (Å²) < 4.78 is 28.2. The second-order valence-electron chi connectivity index (χ2n) is 8.87. The van der Waals surface area contributed by atoms with Crippen LogP contribution in [0.3, 0.4) is 0 Å². The predicted molar refractivity (Wildman–Crippen MR) is 126 cm³/mol. The summed E-state index contributed by atoms with van der Waals surface area (Å²) in [6.45, 7) is 6.75. The summed E-state index contributed by atoms with van der Waals surface area (Å²) in [4.78, 5) is 16.9. The van der Waals surface area contributed by atoms with E-state index in [1.165, 1.54) is 18.9 Å². The van der Waals surface area contributed by atoms with E-state index in [4.69, 9.17) is 0 Å². The molecule has 1 atom stereocenters. The zero-order valence-electron chi connectivity index (χ0n) is 18.5. The van der Waals surface area contributed by atoms with Gasteiger partial charge in [-0.15, -0.1) is 0 Å². The van der Waals surface area contributed by atoms with Crippen molar-refractivity contribution in [1.29, 1.82) is 0 Å². The standard InChI is InChI=1S/C24H31N3O4S/c1-18-7-2-3-9-23(18)32(30,31)25-20-10-11-22(21(15-20)24(28)29)27-14-6-8-19(17-27)16-26-12-4-5-13-26/h2-3,7,9-11,15,19,25H,4-6,8,12-14,16-17H2,1H3,(H,28,29)/t19-/m0/s1. The second-order valence-corrected chi connectivity index (χ2v) is 10.5. The van der Waals surface area contributed by atoms with Crippen molar-refractivity contribution in [2.45, 2.75) is 37.5 Å². The lowest BCUT2D eigenvalue weighted by Crippen LogP contribution is -2.41. The molecule has 172 valence electrons. The lowest BCUT2D eigenvalue weighted by molar-refractivity contribution is 0.0697. The topological polar surface area (TPSA) is 90.0 Å². The van der Waals surface area contributed by atoms with Gasteiger partial charge in [-0.25, -0.2) is 13.2 Å². The molecular formula is C24H31N3O4S. The van der Waals surface area contributed by atoms with Gasteiger partial charge in [0.1, 0.15) is 0 Å². The minimum Gasteiger partial charge on any atom is -0.478 e. The molecule has 2 aromatic rings. The molecule has 2 aliphatic rings. The summed E-state index contributed by atoms with van der Waals surface area (Å²) in [7, 11) is -3.81. The van der Waals surface area contributed by atoms with Crippen LogP contribution in [0.25, 0.3) is 0 Å². The first-order valence-corrected chi connectivity index (χ1v) is 12.7. The number of hydrogen-bond acceptors (Lipinski definition) is 5. The Morgan fingerprint density at radius 1 is 1.09 bits per heavy atom. The first-order valence-electron chi connectivity index (χ1n) is 11.3. The highest BCUT2D eigenvalue weighted by molar-refractivity contribution is 7.92. The number of nitrogens with one attached hydrogen (secondary N) is 1. The summed E-state index contributed by atoms with van der Waals surface area (Å²) in [5.41, 5.74) is 1.66. The largest absolute Gasteiger partial charge is 0.478 e. The van der Waals surface area contributed by atoms with Crippen molar-refractivity contribution < 1.29 is 18.3 Å². The third-order valence-electron chi connectivity index (χ3n) is 6.44. The van der Waals surface area contributed by atoms with Gasteiger partial charge < -0.3 is 14.9 Å². The van der Waals surface area contributed by atoms with Gasteiger partial charge in [0.05, 0.1) is 16.1 Å². The molecule has 0 bridgehead atoms. The number of rotatable bonds is 7. The highest BCUT2D eigenvalue weighted by Crippen LogP contribution is 2.30. The van der Waals surface area contributed by atoms with Crippen LogP contribution in [0.5, 0.6) is 0 Å². The Balaban J connectivity index is 1.54. The Morgan fingerprint density at radius 2 is 1.84 bits per heavy atom. The van der Waals surface area contributed by atoms with Gasteiger partial charge in [0.25, 0.3) is 10.0 Å². The second kappa shape index (κ2) is 9.50. The smallest absolute Gasteiger partial charge is 0.337 e. The quantitative estimate of drug-likeness (QED) is 0.657. The van der Waals surface area contributed by atoms with Crippen LogP contribution in [-0.4, -0.2) is 57.1 Å². The number of aromatic carboxylic acids is 1. The van der Waals surface area contributed by atoms with E-state index in [2.05, 4.69) is 14.5 Å². The van der Waals surface area contributed by atoms with Gasteiger partial charge >= 0.3 is 5.97 Å². The molecule has 2 aromatic carbocycles. The number of benzene rings is 2. The normalized spacial score (nSPS) is 19.8. The fourth-order valence-electron chi connectivity index (χ4n) is 4.88. The minimum atomic E-state index is -3.81. The lowest BCUT2D eigenvalue weighted by atomic mass is 9.96. The highest BCUT2D eigenvalue weighted by Gasteiger charge is 2.26. The zero-order valence-corrected chi connectivity index (χ0v) is 19.3. The number of likely N-dealkylation sites (tertiary alicyclic amines) is 1. The molecule has 2 saturated heterocycles. The number of aryl methyl sites for hydroxylation is 1. The monoisotopic (exact) mass is 457 g/mol. The Labute approximate surface area is 190 Å². The van der Waals surface area contributed by atoms with Crippen LogP contribution in [0, 0.1) is 12.8 Å². The number of anilines is 2. The van der Waals surface area contributed by atoms with Crippen LogP contribution >= 0.6 is 0 Å². The first-order chi connectivity index (χ1) is 15.3. The lowest BCUT2D eigenvalue weighted by Gasteiger charge is -2.36. The van der Waals surface area contributed by atoms with Crippen molar-refractivity contribution in [2.75, 3.05) is 42.3 Å². The van der Waals surface area contributed by atoms with Crippen LogP contribution in [0.1, 0.15) is 41.6 Å². The molecule has 0 spiro atoms. The summed E-state index contributed by atoms with van der Waals surface area (Å²) in [6.07, 6.45) is 4.71. The van der Waals surface area contributed by atoms with E-state index < -0.39 is 16.0 Å². The van der Waals surface area contributed by atoms with E-state index in [0.717, 1.165) is 45.6 Å². The van der Waals surface area contributed by atoms with Gasteiger partial charge in [0, 0.05) is 25.3 Å². The van der Waals surface area contributed by atoms with E-state index in [1.807, 2.05) is 0 Å². The zero-order chi connectivity index (χ0) is 22.7. The molecule has 32 heavy (non-hydrogen) atoms. The number of piperidine rings is 1. The Hall–Kier alpha value is -2.58. The Kier molecular flexibility index (Phi) is 6.71. The molecule has 7 nitrogen and oxygen atoms in total. The number of carboxylic acids is 1. The van der Waals surface area contributed by atoms with Gasteiger partial charge in [0.2, 0.25) is 0 Å². The summed E-state index contributed by atoms with van der Waals surface area (Å²) in [5.74, 6) is -0.540. The van der Waals surface area contributed by atoms with Crippen LogP contribution in [0.15, 0.2) is 47.4 Å². The van der Waals surface area contributed by atoms with Crippen molar-refractivity contribution in [1.82, 2.24) is 4.90 Å². The van der Waals surface area contributed by atoms with Crippen molar-refractivity contribution in [3.8, 4) is 0 Å². The van der Waals surface area contributed by atoms with E-state index in [9.17, 15) is 18.3 Å². The number of carbonyl (C=O) groups is 1. The van der Waals surface area contributed by atoms with Crippen molar-refractivity contribution in [2.24, 2.45) is 5.92 Å². The van der Waals surface area contributed by atoms with E-state index in [1.54, 1.807) is 43.3 Å². The van der Waals surface area contributed by atoms with Crippen LogP contribution in [-0.2, 0) is 10.0 Å². The maximum atomic E-state index is 12.8. The average molecular weight is 458 g/mol. The molecule has 4 rings (SSSR count). The fraction of sp³-hybridized carbons (Fsp3) is 0.458. The molecule has 8 heteroatoms. The summed E-state index contributed by atoms with van der Waals surface area (Å²) in [5, 5.41) is 9.86. The average Bonchev–Trinajstić information content (AvgIpc) is 3.27. The molecule has 0 radical (unpaired) electrons. The predicted octanol–water partition coefficient (Wildman–Crippen LogP) is 3.81. The minimum absolute atomic E-state index is 0.122. The maximum Gasteiger partial charge on any atom is 0.337 e. The molecule has 0 aliphatic carbocycles. The van der Waals surface area contributed by atoms with Crippen molar-refractivity contribution in [3.63, 3.8) is 0 Å². The van der Waals surface area contributed by atoms with Gasteiger partial charge in [-0.1, -0.05) is 18.2 Å². The Morgan fingerprint density at radius 3 is 2.56 bits per heavy atom. The number of nitrogens with zero attached hydrogens (tertiary/aromatic N) is 2. The van der Waals surface area contributed by atoms with E-state index in [-0.39, 0.29) is 16.1 Å². The molecule has 2 N–H and O–H groups in total. The van der Waals surface area contributed by atoms with E-state index in [0.29, 0.717) is 17.2 Å². The van der Waals surface area contributed by atoms with Gasteiger partial charge in [-0.3, -0.25) is 4.72 Å². The van der Waals surface area contributed by atoms with Gasteiger partial charge in [-0.2, -0.15) is 0 Å². The van der Waals surface area contributed by atoms with Crippen LogP contribution in [0.2, 0.25) is 0 Å². The molecule has 0 amide bonds. The summed E-state index contributed by atoms with van der Waals surface area (Å²) >= 11 is 0. The molecule has 0 saturated carbocycles. The number of hydrogen-bond donors (Lipinski definition) is 2. The summed E-state index contributed by atoms with van der Waals surface area (Å²) in [6, 6.07) is 11.5. The molecule has 2 fully saturated rings. The van der Waals surface area contributed by atoms with Crippen LogP contribution in [0.4, 0.5) is 11.4 Å². The van der Waals surface area contributed by atoms with Gasteiger partial charge in [-0.05, 0) is 81.4 Å². The number of carboxylic acid groups (broad SMARTS) is 1. The van der Waals surface area contributed by atoms with Crippen molar-refractivity contribution >= 4 is 27.4 Å². The molecule has 2 heterocycles. The Bertz CT molecular complexity index is 1080. The fourth-order valence-corrected chi connectivity index (χ4v) is 6.17. The van der Waals surface area contributed by atoms with Crippen LogP contribution < -0.4 is 9.62 Å². The number of sulfonamides is 1. The highest BCUT2D eigenvalue weighted by atomic mass is 32.2.